The molecule has 0 aromatic heterocycles. The van der Waals surface area contributed by atoms with Gasteiger partial charge in [0.2, 0.25) is 0 Å². The van der Waals surface area contributed by atoms with Crippen LogP contribution in [0.25, 0.3) is 0 Å². The van der Waals surface area contributed by atoms with Gasteiger partial charge in [0.05, 0.1) is 12.8 Å². The lowest BCUT2D eigenvalue weighted by Gasteiger charge is -2.00. The molecule has 9 heteroatoms. The van der Waals surface area contributed by atoms with Gasteiger partial charge < -0.3 is 16.2 Å². The second kappa shape index (κ2) is 8.03. The maximum Gasteiger partial charge on any atom is 0.184 e. The Morgan fingerprint density at radius 3 is 2.40 bits per heavy atom. The Labute approximate surface area is 97.9 Å². The molecular formula is C6H12N6OS2. The van der Waals surface area contributed by atoms with Crippen LogP contribution in [0.4, 0.5) is 0 Å². The lowest BCUT2D eigenvalue weighted by molar-refractivity contribution is 0.246. The van der Waals surface area contributed by atoms with Crippen molar-refractivity contribution in [3.05, 3.63) is 0 Å². The molecule has 15 heavy (non-hydrogen) atoms. The molecule has 84 valence electrons. The molecule has 0 aliphatic rings. The van der Waals surface area contributed by atoms with Crippen molar-refractivity contribution in [3.8, 4) is 0 Å². The fraction of sp³-hybridized carbons (Fsp3) is 0.333. The highest BCUT2D eigenvalue weighted by atomic mass is 32.1. The van der Waals surface area contributed by atoms with Crippen LogP contribution in [0.2, 0.25) is 0 Å². The third-order valence-electron chi connectivity index (χ3n) is 0.990. The Hall–Kier alpha value is -1.32. The van der Waals surface area contributed by atoms with Gasteiger partial charge in [-0.3, -0.25) is 10.9 Å². The van der Waals surface area contributed by atoms with E-state index in [9.17, 15) is 0 Å². The summed E-state index contributed by atoms with van der Waals surface area (Å²) in [6.45, 7) is 0.248. The number of ether oxygens (including phenoxy) is 1. The Morgan fingerprint density at radius 2 is 1.93 bits per heavy atom. The van der Waals surface area contributed by atoms with Gasteiger partial charge >= 0.3 is 0 Å². The van der Waals surface area contributed by atoms with Gasteiger partial charge in [0.25, 0.3) is 0 Å². The van der Waals surface area contributed by atoms with E-state index in [-0.39, 0.29) is 16.8 Å². The average molecular weight is 248 g/mol. The van der Waals surface area contributed by atoms with Gasteiger partial charge in [0, 0.05) is 7.11 Å². The zero-order valence-electron chi connectivity index (χ0n) is 8.06. The van der Waals surface area contributed by atoms with Crippen LogP contribution in [0.15, 0.2) is 10.2 Å². The van der Waals surface area contributed by atoms with Crippen molar-refractivity contribution in [2.24, 2.45) is 21.7 Å². The van der Waals surface area contributed by atoms with Gasteiger partial charge in [-0.2, -0.15) is 10.2 Å². The molecule has 0 bridgehead atoms. The lowest BCUT2D eigenvalue weighted by atomic mass is 10.4. The topological polar surface area (TPSA) is 110 Å². The predicted molar refractivity (Wildman–Crippen MR) is 67.6 cm³/mol. The van der Waals surface area contributed by atoms with Crippen LogP contribution in [0, 0.1) is 0 Å². The number of nitrogens with one attached hydrogen (secondary N) is 2. The molecule has 0 aliphatic heterocycles. The van der Waals surface area contributed by atoms with Gasteiger partial charge in [-0.15, -0.1) is 0 Å². The minimum absolute atomic E-state index is 0.0549. The average Bonchev–Trinajstić information content (AvgIpc) is 2.13. The van der Waals surface area contributed by atoms with Crippen molar-refractivity contribution < 1.29 is 4.74 Å². The van der Waals surface area contributed by atoms with Crippen LogP contribution in [-0.4, -0.2) is 35.9 Å². The third kappa shape index (κ3) is 9.00. The molecule has 0 unspecified atom stereocenters. The van der Waals surface area contributed by atoms with E-state index in [2.05, 4.69) is 45.5 Å². The Bertz CT molecular complexity index is 289. The summed E-state index contributed by atoms with van der Waals surface area (Å²) in [5.74, 6) is 0. The van der Waals surface area contributed by atoms with E-state index in [1.165, 1.54) is 13.3 Å². The normalized spacial score (nSPS) is 11.4. The number of nitrogens with two attached hydrogens (primary N) is 2. The number of hydrazone groups is 2. The second-order valence-corrected chi connectivity index (χ2v) is 3.13. The van der Waals surface area contributed by atoms with E-state index < -0.39 is 0 Å². The van der Waals surface area contributed by atoms with Gasteiger partial charge in [0.15, 0.2) is 10.2 Å². The summed E-state index contributed by atoms with van der Waals surface area (Å²) in [6.07, 6.45) is 1.38. The molecule has 0 saturated carbocycles. The minimum Gasteiger partial charge on any atom is -0.378 e. The molecule has 7 nitrogen and oxygen atoms in total. The van der Waals surface area contributed by atoms with E-state index in [4.69, 9.17) is 16.2 Å². The molecule has 0 aliphatic carbocycles. The standard InChI is InChI=1S/C6H12N6OS2/c1-13-3-4(10-12-6(8)15)2-9-11-5(7)14/h2H,3H2,1H3,(H3,7,11,14)(H3,8,12,15). The number of hydrogen-bond donors (Lipinski definition) is 4. The fourth-order valence-electron chi connectivity index (χ4n) is 0.544. The number of thiocarbonyl (C=S) groups is 2. The lowest BCUT2D eigenvalue weighted by Crippen LogP contribution is -2.28. The van der Waals surface area contributed by atoms with Gasteiger partial charge in [0.1, 0.15) is 5.71 Å². The summed E-state index contributed by atoms with van der Waals surface area (Å²) in [6, 6.07) is 0. The molecule has 0 aromatic carbocycles. The molecule has 0 radical (unpaired) electrons. The van der Waals surface area contributed by atoms with E-state index in [1.54, 1.807) is 0 Å². The second-order valence-electron chi connectivity index (χ2n) is 2.25. The molecule has 6 N–H and O–H groups in total. The molecule has 0 saturated heterocycles. The Morgan fingerprint density at radius 1 is 1.33 bits per heavy atom. The highest BCUT2D eigenvalue weighted by Gasteiger charge is 1.94. The number of hydrogen-bond acceptors (Lipinski definition) is 5. The van der Waals surface area contributed by atoms with E-state index >= 15 is 0 Å². The van der Waals surface area contributed by atoms with Gasteiger partial charge in [-0.1, -0.05) is 0 Å². The number of methoxy groups -OCH3 is 1. The van der Waals surface area contributed by atoms with Crippen LogP contribution in [0.1, 0.15) is 0 Å². The SMILES string of the molecule is COCC(C=NNC(N)=S)=NNC(N)=S. The summed E-state index contributed by atoms with van der Waals surface area (Å²) >= 11 is 9.11. The van der Waals surface area contributed by atoms with E-state index in [0.29, 0.717) is 5.71 Å². The Balaban J connectivity index is 4.25. The highest BCUT2D eigenvalue weighted by molar-refractivity contribution is 7.80. The van der Waals surface area contributed by atoms with Gasteiger partial charge in [-0.25, -0.2) is 0 Å². The maximum absolute atomic E-state index is 5.19. The monoisotopic (exact) mass is 248 g/mol. The Kier molecular flexibility index (Phi) is 7.32. The van der Waals surface area contributed by atoms with Crippen LogP contribution >= 0.6 is 24.4 Å². The van der Waals surface area contributed by atoms with Crippen molar-refractivity contribution in [3.63, 3.8) is 0 Å². The number of rotatable bonds is 5. The first-order valence-electron chi connectivity index (χ1n) is 3.75. The summed E-state index contributed by atoms with van der Waals surface area (Å²) in [7, 11) is 1.52. The first-order valence-corrected chi connectivity index (χ1v) is 4.57. The molecule has 0 heterocycles. The molecular weight excluding hydrogens is 236 g/mol. The van der Waals surface area contributed by atoms with Crippen LogP contribution in [0.3, 0.4) is 0 Å². The molecule has 0 atom stereocenters. The molecule has 0 aromatic rings. The fourth-order valence-corrected chi connectivity index (χ4v) is 0.642. The van der Waals surface area contributed by atoms with Crippen molar-refractivity contribution in [1.29, 1.82) is 0 Å². The van der Waals surface area contributed by atoms with Crippen LogP contribution < -0.4 is 22.3 Å². The van der Waals surface area contributed by atoms with Crippen molar-refractivity contribution >= 4 is 46.6 Å². The highest BCUT2D eigenvalue weighted by Crippen LogP contribution is 1.76. The molecule has 0 amide bonds. The predicted octanol–water partition coefficient (Wildman–Crippen LogP) is -1.36. The summed E-state index contributed by atoms with van der Waals surface area (Å²) in [5, 5.41) is 7.62. The van der Waals surface area contributed by atoms with Crippen molar-refractivity contribution in [2.45, 2.75) is 0 Å². The van der Waals surface area contributed by atoms with Crippen molar-refractivity contribution in [1.82, 2.24) is 10.9 Å². The number of nitrogens with zero attached hydrogens (tertiary/aromatic N) is 2. The van der Waals surface area contributed by atoms with Crippen molar-refractivity contribution in [2.75, 3.05) is 13.7 Å². The smallest absolute Gasteiger partial charge is 0.184 e. The first-order chi connectivity index (χ1) is 7.06. The maximum atomic E-state index is 5.19. The molecule has 0 fully saturated rings. The zero-order chi connectivity index (χ0) is 11.7. The zero-order valence-corrected chi connectivity index (χ0v) is 9.69. The quantitative estimate of drug-likeness (QED) is 0.270. The summed E-state index contributed by atoms with van der Waals surface area (Å²) in [5.41, 5.74) is 15.6. The minimum atomic E-state index is 0.0549. The van der Waals surface area contributed by atoms with Gasteiger partial charge in [-0.05, 0) is 24.4 Å². The largest absolute Gasteiger partial charge is 0.378 e. The van der Waals surface area contributed by atoms with E-state index in [0.717, 1.165) is 0 Å². The van der Waals surface area contributed by atoms with E-state index in [1.807, 2.05) is 0 Å². The van der Waals surface area contributed by atoms with Crippen LogP contribution in [0.5, 0.6) is 0 Å². The van der Waals surface area contributed by atoms with Crippen LogP contribution in [-0.2, 0) is 4.74 Å². The summed E-state index contributed by atoms with van der Waals surface area (Å²) < 4.78 is 4.86. The molecule has 0 spiro atoms. The first kappa shape index (κ1) is 13.7. The molecule has 0 rings (SSSR count). The summed E-state index contributed by atoms with van der Waals surface area (Å²) in [4.78, 5) is 0. The third-order valence-corrected chi connectivity index (χ3v) is 1.17.